The molecule has 37 heavy (non-hydrogen) atoms. The van der Waals surface area contributed by atoms with Gasteiger partial charge in [0.2, 0.25) is 0 Å². The molecular formula is C33H22FIrN2-. The Balaban J connectivity index is 0.00000280. The molecule has 5 aromatic carbocycles. The standard InChI is InChI=1S/C33H22FN2.Ir/c34-29-18-16-27(17-19-29)33-35-20-21-36(33)32-30(25-12-6-2-7-13-25)22-28(24-10-4-1-5-11-24)23-31(32)26-14-8-3-9-15-26;/h1-16,18-23H;/q-1;. The summed E-state index contributed by atoms with van der Waals surface area (Å²) in [6, 6.07) is 43.2. The van der Waals surface area contributed by atoms with Crippen LogP contribution in [0.1, 0.15) is 0 Å². The van der Waals surface area contributed by atoms with Crippen molar-refractivity contribution in [2.24, 2.45) is 0 Å². The average Bonchev–Trinajstić information content (AvgIpc) is 3.44. The van der Waals surface area contributed by atoms with Crippen LogP contribution in [-0.4, -0.2) is 9.55 Å². The summed E-state index contributed by atoms with van der Waals surface area (Å²) in [7, 11) is 0. The second-order valence-corrected chi connectivity index (χ2v) is 8.56. The molecule has 0 bridgehead atoms. The predicted molar refractivity (Wildman–Crippen MR) is 144 cm³/mol. The van der Waals surface area contributed by atoms with Crippen LogP contribution in [0.4, 0.5) is 4.39 Å². The first-order valence-electron chi connectivity index (χ1n) is 11.8. The maximum absolute atomic E-state index is 13.7. The van der Waals surface area contributed by atoms with E-state index >= 15 is 0 Å². The smallest absolute Gasteiger partial charge is 0.0603 e. The summed E-state index contributed by atoms with van der Waals surface area (Å²) < 4.78 is 15.8. The van der Waals surface area contributed by atoms with Crippen LogP contribution in [0.5, 0.6) is 0 Å². The van der Waals surface area contributed by atoms with E-state index in [1.165, 1.54) is 12.1 Å². The van der Waals surface area contributed by atoms with Crippen molar-refractivity contribution in [2.45, 2.75) is 0 Å². The molecule has 6 rings (SSSR count). The number of imidazole rings is 1. The summed E-state index contributed by atoms with van der Waals surface area (Å²) in [4.78, 5) is 4.65. The second-order valence-electron chi connectivity index (χ2n) is 8.56. The van der Waals surface area contributed by atoms with E-state index in [1.54, 1.807) is 12.3 Å². The van der Waals surface area contributed by atoms with Crippen molar-refractivity contribution >= 4 is 0 Å². The first-order chi connectivity index (χ1) is 17.8. The number of halogens is 1. The summed E-state index contributed by atoms with van der Waals surface area (Å²) in [5.41, 5.74) is 8.39. The molecule has 0 aliphatic heterocycles. The maximum Gasteiger partial charge on any atom is 0.0603 e. The summed E-state index contributed by atoms with van der Waals surface area (Å²) in [6.07, 6.45) is 3.74. The Morgan fingerprint density at radius 1 is 0.622 bits per heavy atom. The topological polar surface area (TPSA) is 17.8 Å². The molecule has 6 aromatic rings. The SMILES string of the molecule is Fc1c[c-]c(-c2nccn2-c2c(-c3ccccc3)cc(-c3ccccc3)cc2-c2ccccc2)cc1.[Ir]. The summed E-state index contributed by atoms with van der Waals surface area (Å²) in [5, 5.41) is 0. The van der Waals surface area contributed by atoms with Gasteiger partial charge in [0.05, 0.1) is 11.5 Å². The molecule has 181 valence electrons. The molecule has 1 radical (unpaired) electrons. The first-order valence-corrected chi connectivity index (χ1v) is 11.8. The summed E-state index contributed by atoms with van der Waals surface area (Å²) >= 11 is 0. The number of hydrogen-bond acceptors (Lipinski definition) is 1. The second kappa shape index (κ2) is 10.9. The van der Waals surface area contributed by atoms with Gasteiger partial charge in [-0.2, -0.15) is 0 Å². The van der Waals surface area contributed by atoms with Gasteiger partial charge in [-0.1, -0.05) is 91.0 Å². The van der Waals surface area contributed by atoms with Gasteiger partial charge < -0.3 is 4.57 Å². The fourth-order valence-electron chi connectivity index (χ4n) is 4.59. The number of hydrogen-bond donors (Lipinski definition) is 0. The van der Waals surface area contributed by atoms with Crippen LogP contribution in [-0.2, 0) is 20.1 Å². The Kier molecular flexibility index (Phi) is 7.23. The molecule has 1 heterocycles. The van der Waals surface area contributed by atoms with Crippen LogP contribution < -0.4 is 0 Å². The number of nitrogens with zero attached hydrogens (tertiary/aromatic N) is 2. The Bertz CT molecular complexity index is 1550. The molecule has 0 N–H and O–H groups in total. The molecule has 0 saturated carbocycles. The van der Waals surface area contributed by atoms with E-state index in [4.69, 9.17) is 0 Å². The van der Waals surface area contributed by atoms with Crippen LogP contribution in [0.25, 0.3) is 50.5 Å². The van der Waals surface area contributed by atoms with E-state index in [1.807, 2.05) is 24.4 Å². The fourth-order valence-corrected chi connectivity index (χ4v) is 4.59. The van der Waals surface area contributed by atoms with Crippen LogP contribution in [0.2, 0.25) is 0 Å². The molecule has 0 aliphatic rings. The zero-order chi connectivity index (χ0) is 24.3. The molecular weight excluding hydrogens is 636 g/mol. The van der Waals surface area contributed by atoms with Gasteiger partial charge in [0.1, 0.15) is 0 Å². The van der Waals surface area contributed by atoms with Gasteiger partial charge in [-0.25, -0.2) is 0 Å². The molecule has 0 amide bonds. The van der Waals surface area contributed by atoms with Crippen LogP contribution in [0.3, 0.4) is 0 Å². The van der Waals surface area contributed by atoms with Gasteiger partial charge in [0.25, 0.3) is 0 Å². The maximum atomic E-state index is 13.7. The van der Waals surface area contributed by atoms with Crippen molar-refractivity contribution < 1.29 is 24.5 Å². The van der Waals surface area contributed by atoms with Gasteiger partial charge in [0, 0.05) is 49.4 Å². The van der Waals surface area contributed by atoms with E-state index in [0.717, 1.165) is 44.6 Å². The summed E-state index contributed by atoms with van der Waals surface area (Å²) in [6.45, 7) is 0. The minimum absolute atomic E-state index is 0. The fraction of sp³-hybridized carbons (Fsp3) is 0. The van der Waals surface area contributed by atoms with Crippen molar-refractivity contribution in [3.8, 4) is 50.5 Å². The van der Waals surface area contributed by atoms with Crippen molar-refractivity contribution in [1.82, 2.24) is 9.55 Å². The molecule has 1 aromatic heterocycles. The molecule has 0 saturated heterocycles. The molecule has 0 fully saturated rings. The Morgan fingerprint density at radius 3 is 1.68 bits per heavy atom. The predicted octanol–water partition coefficient (Wildman–Crippen LogP) is 8.48. The normalized spacial score (nSPS) is 10.6. The molecule has 0 atom stereocenters. The van der Waals surface area contributed by atoms with Crippen LogP contribution >= 0.6 is 0 Å². The Hall–Kier alpha value is -4.11. The van der Waals surface area contributed by atoms with Gasteiger partial charge >= 0.3 is 0 Å². The van der Waals surface area contributed by atoms with Crippen molar-refractivity contribution in [3.63, 3.8) is 0 Å². The number of rotatable bonds is 5. The third-order valence-corrected chi connectivity index (χ3v) is 6.28. The third kappa shape index (κ3) is 4.95. The van der Waals surface area contributed by atoms with Crippen LogP contribution in [0.15, 0.2) is 134 Å². The molecule has 0 unspecified atom stereocenters. The molecule has 0 aliphatic carbocycles. The minimum atomic E-state index is -0.320. The zero-order valence-corrected chi connectivity index (χ0v) is 22.2. The molecule has 4 heteroatoms. The van der Waals surface area contributed by atoms with E-state index in [-0.39, 0.29) is 25.9 Å². The Morgan fingerprint density at radius 2 is 1.16 bits per heavy atom. The molecule has 2 nitrogen and oxygen atoms in total. The van der Waals surface area contributed by atoms with Gasteiger partial charge in [-0.15, -0.1) is 29.8 Å². The first kappa shape index (κ1) is 24.6. The monoisotopic (exact) mass is 658 g/mol. The van der Waals surface area contributed by atoms with E-state index in [0.29, 0.717) is 5.82 Å². The summed E-state index contributed by atoms with van der Waals surface area (Å²) in [5.74, 6) is 0.385. The van der Waals surface area contributed by atoms with Crippen LogP contribution in [0, 0.1) is 11.9 Å². The van der Waals surface area contributed by atoms with Crippen molar-refractivity contribution in [3.05, 3.63) is 146 Å². The van der Waals surface area contributed by atoms with Gasteiger partial charge in [-0.3, -0.25) is 9.37 Å². The number of benzene rings is 5. The largest absolute Gasteiger partial charge is 0.339 e. The average molecular weight is 658 g/mol. The van der Waals surface area contributed by atoms with Crippen molar-refractivity contribution in [1.29, 1.82) is 0 Å². The Labute approximate surface area is 229 Å². The van der Waals surface area contributed by atoms with Crippen molar-refractivity contribution in [2.75, 3.05) is 0 Å². The molecule has 0 spiro atoms. The van der Waals surface area contributed by atoms with E-state index in [9.17, 15) is 4.39 Å². The quantitative estimate of drug-likeness (QED) is 0.170. The van der Waals surface area contributed by atoms with E-state index in [2.05, 4.69) is 101 Å². The number of aromatic nitrogens is 2. The third-order valence-electron chi connectivity index (χ3n) is 6.28. The minimum Gasteiger partial charge on any atom is -0.339 e. The van der Waals surface area contributed by atoms with E-state index < -0.39 is 0 Å². The van der Waals surface area contributed by atoms with Gasteiger partial charge in [-0.05, 0) is 34.4 Å². The zero-order valence-electron chi connectivity index (χ0n) is 19.8. The van der Waals surface area contributed by atoms with Gasteiger partial charge in [0.15, 0.2) is 0 Å².